The van der Waals surface area contributed by atoms with Crippen LogP contribution in [0.3, 0.4) is 0 Å². The molecule has 0 bridgehead atoms. The van der Waals surface area contributed by atoms with Crippen molar-refractivity contribution < 1.29 is 19.2 Å². The van der Waals surface area contributed by atoms with Crippen LogP contribution in [-0.2, 0) is 4.79 Å². The number of rotatable bonds is 7. The van der Waals surface area contributed by atoms with Crippen LogP contribution in [0.1, 0.15) is 33.1 Å². The number of hydrogen-bond donors (Lipinski definition) is 2. The lowest BCUT2D eigenvalue weighted by Crippen LogP contribution is -2.18. The van der Waals surface area contributed by atoms with Crippen LogP contribution in [0.25, 0.3) is 22.8 Å². The number of carboxylic acids is 1. The van der Waals surface area contributed by atoms with Crippen LogP contribution in [0, 0.1) is 5.92 Å². The van der Waals surface area contributed by atoms with Crippen LogP contribution in [0.4, 0.5) is 5.82 Å². The summed E-state index contributed by atoms with van der Waals surface area (Å²) in [6.45, 7) is 3.87. The van der Waals surface area contributed by atoms with Crippen molar-refractivity contribution in [2.24, 2.45) is 5.92 Å². The molecule has 0 aliphatic heterocycles. The van der Waals surface area contributed by atoms with E-state index in [2.05, 4.69) is 20.4 Å². The van der Waals surface area contributed by atoms with E-state index in [4.69, 9.17) is 20.9 Å². The second-order valence-corrected chi connectivity index (χ2v) is 8.26. The Kier molecular flexibility index (Phi) is 6.08. The van der Waals surface area contributed by atoms with Gasteiger partial charge in [0, 0.05) is 23.4 Å². The summed E-state index contributed by atoms with van der Waals surface area (Å²) in [6.07, 6.45) is 3.73. The second-order valence-electron chi connectivity index (χ2n) is 7.85. The van der Waals surface area contributed by atoms with Gasteiger partial charge in [-0.15, -0.1) is 0 Å². The van der Waals surface area contributed by atoms with E-state index < -0.39 is 5.97 Å². The molecule has 2 atom stereocenters. The van der Waals surface area contributed by atoms with Crippen molar-refractivity contribution >= 4 is 23.4 Å². The second kappa shape index (κ2) is 8.93. The molecule has 162 valence electrons. The molecular formula is C22H23ClN4O4. The van der Waals surface area contributed by atoms with Gasteiger partial charge in [0.2, 0.25) is 5.82 Å². The Bertz CT molecular complexity index is 1080. The van der Waals surface area contributed by atoms with Gasteiger partial charge >= 0.3 is 5.97 Å². The standard InChI is InChI=1S/C22H23ClN4O4/c1-12(2)30-18-6-4-13(10-17(18)23)20-26-21(31-27-20)14-7-8-24-19(11-14)25-16-5-3-15(9-16)22(28)29/h4,6-8,10-12,15-16H,3,5,9H2,1-2H3,(H,24,25)(H,28,29). The fourth-order valence-electron chi connectivity index (χ4n) is 3.64. The van der Waals surface area contributed by atoms with Crippen LogP contribution >= 0.6 is 11.6 Å². The minimum atomic E-state index is -0.742. The minimum absolute atomic E-state index is 0.0221. The molecule has 3 aromatic rings. The van der Waals surface area contributed by atoms with Gasteiger partial charge in [-0.05, 0) is 63.4 Å². The number of carbonyl (C=O) groups is 1. The number of hydrogen-bond acceptors (Lipinski definition) is 7. The molecule has 1 aliphatic rings. The van der Waals surface area contributed by atoms with E-state index in [1.165, 1.54) is 0 Å². The summed E-state index contributed by atoms with van der Waals surface area (Å²) in [4.78, 5) is 20.0. The molecule has 1 aromatic carbocycles. The number of aromatic nitrogens is 3. The van der Waals surface area contributed by atoms with Gasteiger partial charge in [0.25, 0.3) is 5.89 Å². The molecule has 1 saturated carbocycles. The summed E-state index contributed by atoms with van der Waals surface area (Å²) >= 11 is 6.31. The predicted molar refractivity (Wildman–Crippen MR) is 116 cm³/mol. The highest BCUT2D eigenvalue weighted by Crippen LogP contribution is 2.32. The molecule has 1 aliphatic carbocycles. The van der Waals surface area contributed by atoms with Crippen molar-refractivity contribution in [2.75, 3.05) is 5.32 Å². The number of nitrogens with one attached hydrogen (secondary N) is 1. The molecule has 0 amide bonds. The predicted octanol–water partition coefficient (Wildman–Crippen LogP) is 4.90. The maximum absolute atomic E-state index is 11.2. The lowest BCUT2D eigenvalue weighted by molar-refractivity contribution is -0.141. The molecule has 1 fully saturated rings. The fourth-order valence-corrected chi connectivity index (χ4v) is 3.86. The van der Waals surface area contributed by atoms with Gasteiger partial charge in [-0.25, -0.2) is 4.98 Å². The first-order chi connectivity index (χ1) is 14.9. The third-order valence-corrected chi connectivity index (χ3v) is 5.41. The normalized spacial score (nSPS) is 18.3. The Morgan fingerprint density at radius 2 is 2.10 bits per heavy atom. The maximum Gasteiger partial charge on any atom is 0.306 e. The van der Waals surface area contributed by atoms with E-state index >= 15 is 0 Å². The Morgan fingerprint density at radius 1 is 1.26 bits per heavy atom. The van der Waals surface area contributed by atoms with Gasteiger partial charge in [-0.2, -0.15) is 4.98 Å². The van der Waals surface area contributed by atoms with Crippen molar-refractivity contribution in [2.45, 2.75) is 45.3 Å². The highest BCUT2D eigenvalue weighted by molar-refractivity contribution is 6.32. The van der Waals surface area contributed by atoms with E-state index in [1.807, 2.05) is 26.0 Å². The highest BCUT2D eigenvalue weighted by Gasteiger charge is 2.29. The monoisotopic (exact) mass is 442 g/mol. The van der Waals surface area contributed by atoms with Crippen LogP contribution < -0.4 is 10.1 Å². The third kappa shape index (κ3) is 4.96. The molecule has 9 heteroatoms. The van der Waals surface area contributed by atoms with E-state index in [1.54, 1.807) is 24.4 Å². The van der Waals surface area contributed by atoms with Gasteiger partial charge in [0.15, 0.2) is 0 Å². The van der Waals surface area contributed by atoms with Gasteiger partial charge in [-0.1, -0.05) is 16.8 Å². The van der Waals surface area contributed by atoms with Crippen molar-refractivity contribution in [3.05, 3.63) is 41.6 Å². The Morgan fingerprint density at radius 3 is 2.81 bits per heavy atom. The first-order valence-corrected chi connectivity index (χ1v) is 10.5. The summed E-state index contributed by atoms with van der Waals surface area (Å²) < 4.78 is 11.1. The molecule has 2 N–H and O–H groups in total. The van der Waals surface area contributed by atoms with Gasteiger partial charge < -0.3 is 19.7 Å². The fraction of sp³-hybridized carbons (Fsp3) is 0.364. The molecule has 2 unspecified atom stereocenters. The van der Waals surface area contributed by atoms with E-state index in [9.17, 15) is 9.90 Å². The number of aliphatic carboxylic acids is 1. The number of anilines is 1. The minimum Gasteiger partial charge on any atom is -0.489 e. The van der Waals surface area contributed by atoms with Crippen molar-refractivity contribution in [3.63, 3.8) is 0 Å². The smallest absolute Gasteiger partial charge is 0.306 e. The summed E-state index contributed by atoms with van der Waals surface area (Å²) in [5.41, 5.74) is 1.43. The lowest BCUT2D eigenvalue weighted by Gasteiger charge is -2.13. The topological polar surface area (TPSA) is 110 Å². The van der Waals surface area contributed by atoms with Crippen LogP contribution in [0.2, 0.25) is 5.02 Å². The SMILES string of the molecule is CC(C)Oc1ccc(-c2noc(-c3ccnc(NC4CCC(C(=O)O)C4)c3)n2)cc1Cl. The van der Waals surface area contributed by atoms with Crippen LogP contribution in [0.5, 0.6) is 5.75 Å². The highest BCUT2D eigenvalue weighted by atomic mass is 35.5. The van der Waals surface area contributed by atoms with E-state index in [-0.39, 0.29) is 18.1 Å². The third-order valence-electron chi connectivity index (χ3n) is 5.12. The summed E-state index contributed by atoms with van der Waals surface area (Å²) in [6, 6.07) is 9.04. The van der Waals surface area contributed by atoms with Gasteiger partial charge in [0.1, 0.15) is 11.6 Å². The Balaban J connectivity index is 1.49. The zero-order chi connectivity index (χ0) is 22.0. The molecule has 8 nitrogen and oxygen atoms in total. The first kappa shape index (κ1) is 21.1. The number of ether oxygens (including phenoxy) is 1. The van der Waals surface area contributed by atoms with Gasteiger partial charge in [0.05, 0.1) is 17.0 Å². The molecular weight excluding hydrogens is 420 g/mol. The molecule has 0 spiro atoms. The Labute approximate surface area is 184 Å². The van der Waals surface area contributed by atoms with Crippen molar-refractivity contribution in [1.82, 2.24) is 15.1 Å². The molecule has 0 saturated heterocycles. The number of pyridine rings is 1. The first-order valence-electron chi connectivity index (χ1n) is 10.1. The average Bonchev–Trinajstić information content (AvgIpc) is 3.39. The van der Waals surface area contributed by atoms with Crippen LogP contribution in [0.15, 0.2) is 41.1 Å². The summed E-state index contributed by atoms with van der Waals surface area (Å²) in [5, 5.41) is 17.0. The molecule has 31 heavy (non-hydrogen) atoms. The zero-order valence-corrected chi connectivity index (χ0v) is 18.0. The summed E-state index contributed by atoms with van der Waals surface area (Å²) in [5.74, 6) is 0.975. The van der Waals surface area contributed by atoms with Crippen molar-refractivity contribution in [3.8, 4) is 28.6 Å². The van der Waals surface area contributed by atoms with E-state index in [0.29, 0.717) is 46.7 Å². The van der Waals surface area contributed by atoms with E-state index in [0.717, 1.165) is 12.0 Å². The molecule has 2 heterocycles. The van der Waals surface area contributed by atoms with Crippen molar-refractivity contribution in [1.29, 1.82) is 0 Å². The Hall–Kier alpha value is -3.13. The largest absolute Gasteiger partial charge is 0.489 e. The van der Waals surface area contributed by atoms with Crippen LogP contribution in [-0.4, -0.2) is 38.3 Å². The number of halogens is 1. The molecule has 2 aromatic heterocycles. The average molecular weight is 443 g/mol. The molecule has 0 radical (unpaired) electrons. The maximum atomic E-state index is 11.2. The number of carboxylic acid groups (broad SMARTS) is 1. The quantitative estimate of drug-likeness (QED) is 0.531. The summed E-state index contributed by atoms with van der Waals surface area (Å²) in [7, 11) is 0. The number of nitrogens with zero attached hydrogens (tertiary/aromatic N) is 3. The zero-order valence-electron chi connectivity index (χ0n) is 17.2. The lowest BCUT2D eigenvalue weighted by atomic mass is 10.1. The van der Waals surface area contributed by atoms with Gasteiger partial charge in [-0.3, -0.25) is 4.79 Å². The number of benzene rings is 1. The molecule has 4 rings (SSSR count).